The number of nitrogens with zero attached hydrogens (tertiary/aromatic N) is 2. The predicted molar refractivity (Wildman–Crippen MR) is 80.7 cm³/mol. The van der Waals surface area contributed by atoms with E-state index in [0.717, 1.165) is 0 Å². The van der Waals surface area contributed by atoms with E-state index < -0.39 is 30.2 Å². The van der Waals surface area contributed by atoms with E-state index in [1.807, 2.05) is 0 Å². The lowest BCUT2D eigenvalue weighted by atomic mass is 10.0. The van der Waals surface area contributed by atoms with Crippen molar-refractivity contribution in [3.63, 3.8) is 0 Å². The number of likely N-dealkylation sites (tertiary alicyclic amines) is 1. The van der Waals surface area contributed by atoms with Gasteiger partial charge in [0.05, 0.1) is 24.8 Å². The molecule has 0 bridgehead atoms. The van der Waals surface area contributed by atoms with E-state index in [0.29, 0.717) is 5.76 Å². The molecular formula is C16H17N3O5. The van der Waals surface area contributed by atoms with Crippen molar-refractivity contribution >= 4 is 23.4 Å². The van der Waals surface area contributed by atoms with Crippen LogP contribution in [0.4, 0.5) is 0 Å². The number of hydrogen-bond donors (Lipinski definition) is 1. The molecule has 0 aromatic carbocycles. The molecule has 1 aromatic rings. The van der Waals surface area contributed by atoms with Gasteiger partial charge in [0.25, 0.3) is 0 Å². The highest BCUT2D eigenvalue weighted by molar-refractivity contribution is 6.06. The number of carbonyl (C=O) groups excluding carboxylic acids is 3. The Kier molecular flexibility index (Phi) is 5.47. The first-order valence-electron chi connectivity index (χ1n) is 7.36. The van der Waals surface area contributed by atoms with E-state index in [1.165, 1.54) is 18.1 Å². The Morgan fingerprint density at radius 2 is 2.33 bits per heavy atom. The van der Waals surface area contributed by atoms with E-state index in [2.05, 4.69) is 0 Å². The van der Waals surface area contributed by atoms with Gasteiger partial charge in [-0.25, -0.2) is 0 Å². The molecule has 1 aliphatic heterocycles. The second-order valence-electron chi connectivity index (χ2n) is 5.57. The molecule has 2 atom stereocenters. The zero-order chi connectivity index (χ0) is 17.7. The third-order valence-electron chi connectivity index (χ3n) is 3.72. The summed E-state index contributed by atoms with van der Waals surface area (Å²) in [5, 5.41) is 16.2. The van der Waals surface area contributed by atoms with Gasteiger partial charge in [-0.05, 0) is 19.1 Å². The minimum absolute atomic E-state index is 0.0129. The molecule has 0 radical (unpaired) electrons. The van der Waals surface area contributed by atoms with E-state index in [-0.39, 0.29) is 31.1 Å². The topological polar surface area (TPSA) is 124 Å². The molecule has 8 nitrogen and oxygen atoms in total. The number of hydrogen-bond acceptors (Lipinski definition) is 7. The Morgan fingerprint density at radius 3 is 2.92 bits per heavy atom. The fourth-order valence-corrected chi connectivity index (χ4v) is 2.43. The van der Waals surface area contributed by atoms with Crippen LogP contribution in [0, 0.1) is 28.6 Å². The van der Waals surface area contributed by atoms with Crippen LogP contribution in [0.5, 0.6) is 0 Å². The molecule has 24 heavy (non-hydrogen) atoms. The minimum Gasteiger partial charge on any atom is -0.467 e. The Bertz CT molecular complexity index is 689. The van der Waals surface area contributed by atoms with Crippen LogP contribution in [-0.2, 0) is 25.7 Å². The normalized spacial score (nSPS) is 18.1. The number of nitriles is 1. The highest BCUT2D eigenvalue weighted by Crippen LogP contribution is 2.21. The smallest absolute Gasteiger partial charge is 0.311 e. The molecule has 1 saturated heterocycles. The number of ketones is 1. The maximum Gasteiger partial charge on any atom is 0.311 e. The standard InChI is InChI=1S/C16H17N3O5/c1-10(18)13(6-17)14(20)9-24-16(22)11-5-15(21)19(7-11)8-12-3-2-4-23-12/h2-4,11,13,18H,5,7-9H2,1H3/t11-,13?/m0/s1. The first kappa shape index (κ1) is 17.4. The molecule has 126 valence electrons. The molecule has 1 amide bonds. The zero-order valence-corrected chi connectivity index (χ0v) is 13.2. The van der Waals surface area contributed by atoms with E-state index in [9.17, 15) is 14.4 Å². The van der Waals surface area contributed by atoms with E-state index in [4.69, 9.17) is 19.8 Å². The highest BCUT2D eigenvalue weighted by atomic mass is 16.5. The average molecular weight is 331 g/mol. The second-order valence-corrected chi connectivity index (χ2v) is 5.57. The Labute approximate surface area is 138 Å². The lowest BCUT2D eigenvalue weighted by molar-refractivity contribution is -0.152. The first-order chi connectivity index (χ1) is 11.4. The van der Waals surface area contributed by atoms with Crippen molar-refractivity contribution in [1.82, 2.24) is 4.90 Å². The van der Waals surface area contributed by atoms with Crippen LogP contribution < -0.4 is 0 Å². The van der Waals surface area contributed by atoms with Crippen molar-refractivity contribution in [3.05, 3.63) is 24.2 Å². The highest BCUT2D eigenvalue weighted by Gasteiger charge is 2.36. The predicted octanol–water partition coefficient (Wildman–Crippen LogP) is 0.920. The molecule has 1 fully saturated rings. The number of ether oxygens (including phenoxy) is 1. The summed E-state index contributed by atoms with van der Waals surface area (Å²) in [6, 6.07) is 5.14. The second kappa shape index (κ2) is 7.55. The molecule has 0 aliphatic carbocycles. The van der Waals surface area contributed by atoms with Crippen LogP contribution in [0.1, 0.15) is 19.1 Å². The molecule has 1 unspecified atom stereocenters. The maximum absolute atomic E-state index is 12.0. The molecular weight excluding hydrogens is 314 g/mol. The van der Waals surface area contributed by atoms with Crippen molar-refractivity contribution in [3.8, 4) is 6.07 Å². The summed E-state index contributed by atoms with van der Waals surface area (Å²) in [6.45, 7) is 1.24. The van der Waals surface area contributed by atoms with Gasteiger partial charge >= 0.3 is 5.97 Å². The summed E-state index contributed by atoms with van der Waals surface area (Å²) in [5.74, 6) is -2.73. The summed E-state index contributed by atoms with van der Waals surface area (Å²) >= 11 is 0. The largest absolute Gasteiger partial charge is 0.467 e. The quantitative estimate of drug-likeness (QED) is 0.585. The van der Waals surface area contributed by atoms with Gasteiger partial charge in [-0.2, -0.15) is 5.26 Å². The molecule has 8 heteroatoms. The van der Waals surface area contributed by atoms with Crippen LogP contribution in [0.3, 0.4) is 0 Å². The molecule has 2 heterocycles. The Morgan fingerprint density at radius 1 is 1.58 bits per heavy atom. The summed E-state index contributed by atoms with van der Waals surface area (Å²) in [6.07, 6.45) is 1.52. The third-order valence-corrected chi connectivity index (χ3v) is 3.72. The monoisotopic (exact) mass is 331 g/mol. The van der Waals surface area contributed by atoms with Crippen LogP contribution in [0.15, 0.2) is 22.8 Å². The van der Waals surface area contributed by atoms with Crippen LogP contribution in [0.2, 0.25) is 0 Å². The lowest BCUT2D eigenvalue weighted by Gasteiger charge is -2.14. The van der Waals surface area contributed by atoms with Crippen molar-refractivity contribution in [2.24, 2.45) is 11.8 Å². The summed E-state index contributed by atoms with van der Waals surface area (Å²) in [5.41, 5.74) is -0.0979. The average Bonchev–Trinajstić information content (AvgIpc) is 3.16. The van der Waals surface area contributed by atoms with Crippen molar-refractivity contribution < 1.29 is 23.5 Å². The van der Waals surface area contributed by atoms with Crippen LogP contribution in [0.25, 0.3) is 0 Å². The summed E-state index contributed by atoms with van der Waals surface area (Å²) in [7, 11) is 0. The summed E-state index contributed by atoms with van der Waals surface area (Å²) < 4.78 is 10.1. The fraction of sp³-hybridized carbons (Fsp3) is 0.438. The Hall–Kier alpha value is -2.95. The van der Waals surface area contributed by atoms with Crippen LogP contribution in [-0.4, -0.2) is 41.4 Å². The van der Waals surface area contributed by atoms with Crippen molar-refractivity contribution in [1.29, 1.82) is 10.7 Å². The van der Waals surface area contributed by atoms with Crippen LogP contribution >= 0.6 is 0 Å². The first-order valence-corrected chi connectivity index (χ1v) is 7.36. The number of nitrogens with one attached hydrogen (secondary N) is 1. The fourth-order valence-electron chi connectivity index (χ4n) is 2.43. The van der Waals surface area contributed by atoms with Gasteiger partial charge in [-0.15, -0.1) is 0 Å². The van der Waals surface area contributed by atoms with Gasteiger partial charge in [0.2, 0.25) is 5.91 Å². The number of Topliss-reactive ketones (excluding diaryl/α,β-unsaturated/α-hetero) is 1. The van der Waals surface area contributed by atoms with E-state index >= 15 is 0 Å². The van der Waals surface area contributed by atoms with Gasteiger partial charge < -0.3 is 19.5 Å². The van der Waals surface area contributed by atoms with Gasteiger partial charge in [0.15, 0.2) is 12.4 Å². The molecule has 1 aliphatic rings. The Balaban J connectivity index is 1.85. The molecule has 0 spiro atoms. The molecule has 1 N–H and O–H groups in total. The lowest BCUT2D eigenvalue weighted by Crippen LogP contribution is -2.29. The van der Waals surface area contributed by atoms with E-state index in [1.54, 1.807) is 18.2 Å². The third kappa shape index (κ3) is 4.07. The number of esters is 1. The number of amides is 1. The molecule has 0 saturated carbocycles. The van der Waals surface area contributed by atoms with Gasteiger partial charge in [0, 0.05) is 18.7 Å². The molecule has 2 rings (SSSR count). The number of furan rings is 1. The maximum atomic E-state index is 12.0. The van der Waals surface area contributed by atoms with Gasteiger partial charge in [-0.1, -0.05) is 0 Å². The minimum atomic E-state index is -1.21. The SMILES string of the molecule is CC(=N)C(C#N)C(=O)COC(=O)[C@H]1CC(=O)N(Cc2ccco2)C1. The van der Waals surface area contributed by atoms with Gasteiger partial charge in [-0.3, -0.25) is 14.4 Å². The van der Waals surface area contributed by atoms with Crippen molar-refractivity contribution in [2.75, 3.05) is 13.2 Å². The molecule has 1 aromatic heterocycles. The zero-order valence-electron chi connectivity index (χ0n) is 13.2. The number of carbonyl (C=O) groups is 3. The summed E-state index contributed by atoms with van der Waals surface area (Å²) in [4.78, 5) is 37.2. The number of rotatable bonds is 7. The van der Waals surface area contributed by atoms with Crippen molar-refractivity contribution in [2.45, 2.75) is 19.9 Å². The van der Waals surface area contributed by atoms with Gasteiger partial charge in [0.1, 0.15) is 11.7 Å².